The molecule has 3 heterocycles. The number of nitrogens with one attached hydrogen (secondary N) is 2. The Hall–Kier alpha value is -2.32. The van der Waals surface area contributed by atoms with Gasteiger partial charge in [0.15, 0.2) is 9.77 Å². The summed E-state index contributed by atoms with van der Waals surface area (Å²) in [5.41, 5.74) is 1.90. The Labute approximate surface area is 142 Å². The number of aryl methyl sites for hydroxylation is 1. The fraction of sp³-hybridized carbons (Fsp3) is 0.200. The number of hydrogen-bond donors (Lipinski definition) is 2. The third kappa shape index (κ3) is 3.91. The second-order valence-corrected chi connectivity index (χ2v) is 6.76. The van der Waals surface area contributed by atoms with Gasteiger partial charge in [-0.3, -0.25) is 4.79 Å². The maximum Gasteiger partial charge on any atom is 0.225 e. The molecule has 0 atom stereocenters. The second kappa shape index (κ2) is 6.84. The summed E-state index contributed by atoms with van der Waals surface area (Å²) in [4.78, 5) is 20.4. The zero-order valence-electron chi connectivity index (χ0n) is 12.4. The molecule has 2 N–H and O–H groups in total. The Balaban J connectivity index is 1.56. The van der Waals surface area contributed by atoms with E-state index in [4.69, 9.17) is 12.2 Å². The molecule has 6 nitrogen and oxygen atoms in total. The van der Waals surface area contributed by atoms with Crippen LogP contribution in [0.3, 0.4) is 0 Å². The van der Waals surface area contributed by atoms with E-state index in [1.165, 1.54) is 11.3 Å². The fourth-order valence-corrected chi connectivity index (χ4v) is 3.37. The van der Waals surface area contributed by atoms with E-state index in [0.29, 0.717) is 16.9 Å². The summed E-state index contributed by atoms with van der Waals surface area (Å²) in [5, 5.41) is 7.02. The van der Waals surface area contributed by atoms with Crippen molar-refractivity contribution in [3.05, 3.63) is 56.9 Å². The molecule has 8 heteroatoms. The molecule has 0 radical (unpaired) electrons. The van der Waals surface area contributed by atoms with Crippen LogP contribution in [0, 0.1) is 10.9 Å². The number of carbonyl (C=O) groups is 1. The molecule has 0 aliphatic heterocycles. The summed E-state index contributed by atoms with van der Waals surface area (Å²) in [6, 6.07) is 5.64. The molecule has 1 amide bonds. The van der Waals surface area contributed by atoms with E-state index < -0.39 is 0 Å². The van der Waals surface area contributed by atoms with Crippen LogP contribution in [0.1, 0.15) is 16.1 Å². The number of carbonyl (C=O) groups excluding carboxylic acids is 1. The van der Waals surface area contributed by atoms with E-state index in [0.717, 1.165) is 22.0 Å². The first-order chi connectivity index (χ1) is 11.1. The minimum absolute atomic E-state index is 0.0329. The first-order valence-corrected chi connectivity index (χ1v) is 8.24. The summed E-state index contributed by atoms with van der Waals surface area (Å²) in [6.07, 6.45) is 5.61. The molecule has 0 fully saturated rings. The van der Waals surface area contributed by atoms with E-state index >= 15 is 0 Å². The van der Waals surface area contributed by atoms with Crippen LogP contribution in [-0.4, -0.2) is 25.7 Å². The van der Waals surface area contributed by atoms with Crippen molar-refractivity contribution in [1.82, 2.24) is 25.1 Å². The van der Waals surface area contributed by atoms with Gasteiger partial charge in [-0.1, -0.05) is 6.07 Å². The first-order valence-electron chi connectivity index (χ1n) is 7.02. The van der Waals surface area contributed by atoms with Gasteiger partial charge in [-0.2, -0.15) is 5.10 Å². The van der Waals surface area contributed by atoms with Crippen LogP contribution in [0.15, 0.2) is 36.8 Å². The van der Waals surface area contributed by atoms with Crippen molar-refractivity contribution in [3.63, 3.8) is 0 Å². The van der Waals surface area contributed by atoms with Crippen molar-refractivity contribution in [3.8, 4) is 5.82 Å². The molecule has 0 bridgehead atoms. The minimum Gasteiger partial charge on any atom is -0.352 e. The molecule has 0 aliphatic rings. The topological polar surface area (TPSA) is 75.6 Å². The quantitative estimate of drug-likeness (QED) is 0.697. The molecule has 0 spiro atoms. The van der Waals surface area contributed by atoms with Crippen LogP contribution in [0.25, 0.3) is 5.82 Å². The molecule has 0 aliphatic carbocycles. The van der Waals surface area contributed by atoms with Gasteiger partial charge in [0.05, 0.1) is 6.42 Å². The summed E-state index contributed by atoms with van der Waals surface area (Å²) < 4.78 is 2.38. The van der Waals surface area contributed by atoms with E-state index in [2.05, 4.69) is 20.4 Å². The lowest BCUT2D eigenvalue weighted by Crippen LogP contribution is -2.24. The normalized spacial score (nSPS) is 10.7. The average molecular weight is 345 g/mol. The molecule has 0 saturated heterocycles. The molecule has 3 aromatic rings. The zero-order chi connectivity index (χ0) is 16.2. The van der Waals surface area contributed by atoms with E-state index in [1.54, 1.807) is 17.1 Å². The van der Waals surface area contributed by atoms with Crippen LogP contribution in [0.5, 0.6) is 0 Å². The fourth-order valence-electron chi connectivity index (χ4n) is 2.08. The van der Waals surface area contributed by atoms with Gasteiger partial charge in [0, 0.05) is 35.7 Å². The largest absolute Gasteiger partial charge is 0.352 e. The lowest BCUT2D eigenvalue weighted by atomic mass is 10.2. The van der Waals surface area contributed by atoms with Crippen LogP contribution in [-0.2, 0) is 17.8 Å². The van der Waals surface area contributed by atoms with Gasteiger partial charge in [-0.25, -0.2) is 9.67 Å². The molecular formula is C15H15N5OS2. The number of rotatable bonds is 5. The predicted molar refractivity (Wildman–Crippen MR) is 91.2 cm³/mol. The maximum atomic E-state index is 12.0. The molecule has 23 heavy (non-hydrogen) atoms. The Morgan fingerprint density at radius 1 is 1.48 bits per heavy atom. The van der Waals surface area contributed by atoms with Crippen molar-refractivity contribution >= 4 is 29.5 Å². The number of aromatic amines is 1. The first kappa shape index (κ1) is 15.6. The molecule has 0 aromatic carbocycles. The molecule has 3 aromatic heterocycles. The summed E-state index contributed by atoms with van der Waals surface area (Å²) in [5.74, 6) is 0.710. The molecule has 0 saturated carbocycles. The highest BCUT2D eigenvalue weighted by Gasteiger charge is 2.08. The number of H-pyrrole nitrogens is 1. The SMILES string of the molecule is Cc1[nH]c(=S)sc1CC(=O)NCc1ccc(-n2cccn2)nc1. The number of aromatic nitrogens is 4. The highest BCUT2D eigenvalue weighted by atomic mass is 32.1. The van der Waals surface area contributed by atoms with Crippen LogP contribution in [0.4, 0.5) is 0 Å². The van der Waals surface area contributed by atoms with Gasteiger partial charge >= 0.3 is 0 Å². The van der Waals surface area contributed by atoms with Gasteiger partial charge < -0.3 is 10.3 Å². The van der Waals surface area contributed by atoms with Crippen LogP contribution >= 0.6 is 23.6 Å². The average Bonchev–Trinajstić information content (AvgIpc) is 3.16. The van der Waals surface area contributed by atoms with Crippen LogP contribution < -0.4 is 5.32 Å². The summed E-state index contributed by atoms with van der Waals surface area (Å²) >= 11 is 6.52. The number of nitrogens with zero attached hydrogens (tertiary/aromatic N) is 3. The maximum absolute atomic E-state index is 12.0. The molecule has 3 rings (SSSR count). The van der Waals surface area contributed by atoms with Gasteiger partial charge in [-0.15, -0.1) is 11.3 Å². The monoisotopic (exact) mass is 345 g/mol. The lowest BCUT2D eigenvalue weighted by molar-refractivity contribution is -0.120. The van der Waals surface area contributed by atoms with Crippen molar-refractivity contribution in [2.45, 2.75) is 19.9 Å². The number of pyridine rings is 1. The van der Waals surface area contributed by atoms with Crippen molar-refractivity contribution in [2.75, 3.05) is 0 Å². The van der Waals surface area contributed by atoms with Gasteiger partial charge in [0.1, 0.15) is 0 Å². The Morgan fingerprint density at radius 3 is 2.96 bits per heavy atom. The summed E-state index contributed by atoms with van der Waals surface area (Å²) in [6.45, 7) is 2.37. The van der Waals surface area contributed by atoms with Crippen LogP contribution in [0.2, 0.25) is 0 Å². The van der Waals surface area contributed by atoms with Crippen molar-refractivity contribution in [2.24, 2.45) is 0 Å². The van der Waals surface area contributed by atoms with Gasteiger partial charge in [0.2, 0.25) is 5.91 Å². The third-order valence-corrected chi connectivity index (χ3v) is 4.62. The Morgan fingerprint density at radius 2 is 2.35 bits per heavy atom. The van der Waals surface area contributed by atoms with Crippen molar-refractivity contribution < 1.29 is 4.79 Å². The standard InChI is InChI=1S/C15H15N5OS2/c1-10-12(23-15(22)19-10)7-14(21)17-9-11-3-4-13(16-8-11)20-6-2-5-18-20/h2-6,8H,7,9H2,1H3,(H,17,21)(H,19,22). The molecule has 0 unspecified atom stereocenters. The van der Waals surface area contributed by atoms with Gasteiger partial charge in [-0.05, 0) is 36.8 Å². The zero-order valence-corrected chi connectivity index (χ0v) is 14.1. The predicted octanol–water partition coefficient (Wildman–Crippen LogP) is 2.55. The Kier molecular flexibility index (Phi) is 4.63. The highest BCUT2D eigenvalue weighted by molar-refractivity contribution is 7.73. The number of hydrogen-bond acceptors (Lipinski definition) is 5. The molecular weight excluding hydrogens is 330 g/mol. The molecule has 118 valence electrons. The van der Waals surface area contributed by atoms with E-state index in [1.807, 2.05) is 31.3 Å². The van der Waals surface area contributed by atoms with Crippen molar-refractivity contribution in [1.29, 1.82) is 0 Å². The minimum atomic E-state index is -0.0329. The van der Waals surface area contributed by atoms with Gasteiger partial charge in [0.25, 0.3) is 0 Å². The Bertz CT molecular complexity index is 849. The number of thiazole rings is 1. The van der Waals surface area contributed by atoms with E-state index in [9.17, 15) is 4.79 Å². The lowest BCUT2D eigenvalue weighted by Gasteiger charge is -2.06. The summed E-state index contributed by atoms with van der Waals surface area (Å²) in [7, 11) is 0. The number of amides is 1. The van der Waals surface area contributed by atoms with E-state index in [-0.39, 0.29) is 5.91 Å². The third-order valence-electron chi connectivity index (χ3n) is 3.28. The highest BCUT2D eigenvalue weighted by Crippen LogP contribution is 2.15. The second-order valence-electron chi connectivity index (χ2n) is 4.99. The smallest absolute Gasteiger partial charge is 0.225 e.